The monoisotopic (exact) mass is 336 g/mol. The summed E-state index contributed by atoms with van der Waals surface area (Å²) in [5.74, 6) is 0.739. The molecule has 23 heavy (non-hydrogen) atoms. The minimum atomic E-state index is 0.104. The van der Waals surface area contributed by atoms with Crippen LogP contribution >= 0.6 is 22.7 Å². The molecule has 0 amide bonds. The van der Waals surface area contributed by atoms with Crippen molar-refractivity contribution in [3.8, 4) is 9.75 Å². The van der Waals surface area contributed by atoms with Crippen LogP contribution in [0.15, 0.2) is 53.2 Å². The first-order valence-electron chi connectivity index (χ1n) is 8.64. The van der Waals surface area contributed by atoms with Gasteiger partial charge < -0.3 is 0 Å². The van der Waals surface area contributed by atoms with E-state index >= 15 is 0 Å². The summed E-state index contributed by atoms with van der Waals surface area (Å²) in [6.45, 7) is 0. The Labute approximate surface area is 145 Å². The molecule has 0 atom stereocenters. The molecular formula is C21H20S2. The van der Waals surface area contributed by atoms with Gasteiger partial charge in [-0.05, 0) is 58.3 Å². The summed E-state index contributed by atoms with van der Waals surface area (Å²) >= 11 is 3.86. The molecule has 0 N–H and O–H groups in total. The minimum Gasteiger partial charge on any atom is -0.143 e. The standard InChI is InChI=1S/C21H20S2/c1-3-7-15(8-4-1)21(16-9-5-2-6-10-16)17-11-13-22-19(17)20-18(21)12-14-23-20/h1,3-4,7-8,11-14,16H,2,5-6,9-10H2. The fourth-order valence-electron chi connectivity index (χ4n) is 4.96. The van der Waals surface area contributed by atoms with Crippen LogP contribution in [0.3, 0.4) is 0 Å². The third-order valence-electron chi connectivity index (χ3n) is 5.83. The number of rotatable bonds is 2. The van der Waals surface area contributed by atoms with E-state index in [0.29, 0.717) is 0 Å². The summed E-state index contributed by atoms with van der Waals surface area (Å²) in [5.41, 5.74) is 4.78. The molecule has 5 rings (SSSR count). The molecule has 116 valence electrons. The Morgan fingerprint density at radius 3 is 1.96 bits per heavy atom. The van der Waals surface area contributed by atoms with Crippen LogP contribution in [0.4, 0.5) is 0 Å². The molecule has 1 aromatic carbocycles. The third kappa shape index (κ3) is 1.82. The normalized spacial score (nSPS) is 19.5. The molecule has 2 heterocycles. The molecule has 0 aliphatic heterocycles. The number of hydrogen-bond donors (Lipinski definition) is 0. The lowest BCUT2D eigenvalue weighted by atomic mass is 9.61. The van der Waals surface area contributed by atoms with Crippen molar-refractivity contribution in [2.45, 2.75) is 37.5 Å². The zero-order valence-electron chi connectivity index (χ0n) is 13.1. The van der Waals surface area contributed by atoms with E-state index in [1.165, 1.54) is 47.4 Å². The fourth-order valence-corrected chi connectivity index (χ4v) is 7.07. The quantitative estimate of drug-likeness (QED) is 0.488. The van der Waals surface area contributed by atoms with Gasteiger partial charge in [-0.25, -0.2) is 0 Å². The van der Waals surface area contributed by atoms with E-state index in [-0.39, 0.29) is 5.41 Å². The highest BCUT2D eigenvalue weighted by Crippen LogP contribution is 2.61. The van der Waals surface area contributed by atoms with Crippen molar-refractivity contribution in [1.82, 2.24) is 0 Å². The maximum Gasteiger partial charge on any atom is 0.0508 e. The summed E-state index contributed by atoms with van der Waals surface area (Å²) in [7, 11) is 0. The van der Waals surface area contributed by atoms with Gasteiger partial charge in [-0.15, -0.1) is 22.7 Å². The highest BCUT2D eigenvalue weighted by molar-refractivity contribution is 7.21. The lowest BCUT2D eigenvalue weighted by molar-refractivity contribution is 0.275. The van der Waals surface area contributed by atoms with Gasteiger partial charge in [0.2, 0.25) is 0 Å². The molecule has 1 fully saturated rings. The molecule has 0 nitrogen and oxygen atoms in total. The molecule has 3 aromatic rings. The van der Waals surface area contributed by atoms with Crippen molar-refractivity contribution in [2.75, 3.05) is 0 Å². The van der Waals surface area contributed by atoms with Crippen LogP contribution in [-0.2, 0) is 5.41 Å². The largest absolute Gasteiger partial charge is 0.143 e. The average molecular weight is 337 g/mol. The Balaban J connectivity index is 1.83. The molecule has 2 heteroatoms. The van der Waals surface area contributed by atoms with E-state index in [0.717, 1.165) is 5.92 Å². The van der Waals surface area contributed by atoms with E-state index in [1.807, 2.05) is 22.7 Å². The number of thiophene rings is 2. The zero-order valence-corrected chi connectivity index (χ0v) is 14.8. The average Bonchev–Trinajstić information content (AvgIpc) is 3.30. The second kappa shape index (κ2) is 5.32. The van der Waals surface area contributed by atoms with Crippen LogP contribution < -0.4 is 0 Å². The smallest absolute Gasteiger partial charge is 0.0508 e. The Kier molecular flexibility index (Phi) is 3.24. The Morgan fingerprint density at radius 1 is 0.739 bits per heavy atom. The molecule has 2 aliphatic carbocycles. The van der Waals surface area contributed by atoms with Crippen LogP contribution in [0.25, 0.3) is 9.75 Å². The molecule has 0 unspecified atom stereocenters. The van der Waals surface area contributed by atoms with Crippen LogP contribution in [-0.4, -0.2) is 0 Å². The van der Waals surface area contributed by atoms with Crippen LogP contribution in [0, 0.1) is 5.92 Å². The van der Waals surface area contributed by atoms with Crippen LogP contribution in [0.1, 0.15) is 48.8 Å². The van der Waals surface area contributed by atoms with Crippen molar-refractivity contribution >= 4 is 22.7 Å². The SMILES string of the molecule is c1ccc(C2(C3CCCCC3)c3ccsc3-c3sccc32)cc1. The first-order valence-corrected chi connectivity index (χ1v) is 10.4. The molecule has 1 saturated carbocycles. The van der Waals surface area contributed by atoms with Crippen molar-refractivity contribution in [3.63, 3.8) is 0 Å². The fraction of sp³-hybridized carbons (Fsp3) is 0.333. The molecule has 2 aromatic heterocycles. The van der Waals surface area contributed by atoms with Gasteiger partial charge in [-0.2, -0.15) is 0 Å². The Hall–Kier alpha value is -1.38. The second-order valence-electron chi connectivity index (χ2n) is 6.84. The van der Waals surface area contributed by atoms with Gasteiger partial charge >= 0.3 is 0 Å². The van der Waals surface area contributed by atoms with Gasteiger partial charge in [-0.3, -0.25) is 0 Å². The lowest BCUT2D eigenvalue weighted by Gasteiger charge is -2.41. The minimum absolute atomic E-state index is 0.104. The lowest BCUT2D eigenvalue weighted by Crippen LogP contribution is -2.37. The van der Waals surface area contributed by atoms with E-state index in [2.05, 4.69) is 53.2 Å². The van der Waals surface area contributed by atoms with E-state index < -0.39 is 0 Å². The van der Waals surface area contributed by atoms with E-state index in [1.54, 1.807) is 11.1 Å². The molecule has 2 aliphatic rings. The molecule has 0 bridgehead atoms. The summed E-state index contributed by atoms with van der Waals surface area (Å²) in [5, 5.41) is 4.60. The molecule has 0 saturated heterocycles. The van der Waals surface area contributed by atoms with Crippen LogP contribution in [0.2, 0.25) is 0 Å². The highest BCUT2D eigenvalue weighted by atomic mass is 32.1. The van der Waals surface area contributed by atoms with Crippen molar-refractivity contribution in [3.05, 3.63) is 69.9 Å². The van der Waals surface area contributed by atoms with Gasteiger partial charge in [-0.1, -0.05) is 49.6 Å². The van der Waals surface area contributed by atoms with E-state index in [4.69, 9.17) is 0 Å². The summed E-state index contributed by atoms with van der Waals surface area (Å²) < 4.78 is 0. The molecule has 0 radical (unpaired) electrons. The zero-order chi connectivity index (χ0) is 15.3. The van der Waals surface area contributed by atoms with Crippen molar-refractivity contribution in [2.24, 2.45) is 5.92 Å². The van der Waals surface area contributed by atoms with Crippen molar-refractivity contribution < 1.29 is 0 Å². The number of benzene rings is 1. The van der Waals surface area contributed by atoms with Gasteiger partial charge in [0.05, 0.1) is 5.41 Å². The molecule has 0 spiro atoms. The summed E-state index contributed by atoms with van der Waals surface area (Å²) in [6, 6.07) is 16.1. The maximum atomic E-state index is 2.41. The maximum absolute atomic E-state index is 2.41. The number of hydrogen-bond acceptors (Lipinski definition) is 2. The van der Waals surface area contributed by atoms with E-state index in [9.17, 15) is 0 Å². The first-order chi connectivity index (χ1) is 11.4. The van der Waals surface area contributed by atoms with Crippen molar-refractivity contribution in [1.29, 1.82) is 0 Å². The highest BCUT2D eigenvalue weighted by Gasteiger charge is 2.51. The molecular weight excluding hydrogens is 316 g/mol. The van der Waals surface area contributed by atoms with Gasteiger partial charge in [0, 0.05) is 9.75 Å². The van der Waals surface area contributed by atoms with Gasteiger partial charge in [0.1, 0.15) is 0 Å². The second-order valence-corrected chi connectivity index (χ2v) is 8.67. The topological polar surface area (TPSA) is 0 Å². The first kappa shape index (κ1) is 14.0. The van der Waals surface area contributed by atoms with Gasteiger partial charge in [0.25, 0.3) is 0 Å². The predicted octanol–water partition coefficient (Wildman–Crippen LogP) is 6.70. The summed E-state index contributed by atoms with van der Waals surface area (Å²) in [6.07, 6.45) is 6.91. The Bertz CT molecular complexity index is 778. The third-order valence-corrected chi connectivity index (χ3v) is 7.83. The number of fused-ring (bicyclic) bond motifs is 3. The predicted molar refractivity (Wildman–Crippen MR) is 101 cm³/mol. The Morgan fingerprint density at radius 2 is 1.35 bits per heavy atom. The van der Waals surface area contributed by atoms with Crippen LogP contribution in [0.5, 0.6) is 0 Å². The summed E-state index contributed by atoms with van der Waals surface area (Å²) in [4.78, 5) is 3.06. The van der Waals surface area contributed by atoms with Gasteiger partial charge in [0.15, 0.2) is 0 Å².